The Kier molecular flexibility index (Phi) is 7.76. The molecule has 0 spiro atoms. The van der Waals surface area contributed by atoms with Crippen molar-refractivity contribution in [1.82, 2.24) is 10.6 Å². The molecule has 7 heteroatoms. The molecule has 0 aliphatic rings. The second kappa shape index (κ2) is 9.58. The van der Waals surface area contributed by atoms with Gasteiger partial charge in [-0.15, -0.1) is 0 Å². The van der Waals surface area contributed by atoms with Gasteiger partial charge in [0.1, 0.15) is 0 Å². The van der Waals surface area contributed by atoms with Crippen molar-refractivity contribution in [3.63, 3.8) is 0 Å². The second-order valence-corrected chi connectivity index (χ2v) is 5.15. The normalized spacial score (nSPS) is 10.3. The first-order valence-electron chi connectivity index (χ1n) is 7.27. The summed E-state index contributed by atoms with van der Waals surface area (Å²) < 4.78 is 9.61. The molecule has 0 unspecified atom stereocenters. The fourth-order valence-corrected chi connectivity index (χ4v) is 1.69. The number of hydrogen-bond acceptors (Lipinski definition) is 5. The number of amides is 3. The SMILES string of the molecule is COCCNC(=O)NC(=O)COC(=O)c1ccc(C(C)C)cc1. The van der Waals surface area contributed by atoms with E-state index in [1.807, 2.05) is 17.4 Å². The number of ether oxygens (including phenoxy) is 2. The van der Waals surface area contributed by atoms with Gasteiger partial charge in [-0.25, -0.2) is 9.59 Å². The van der Waals surface area contributed by atoms with E-state index in [2.05, 4.69) is 19.2 Å². The minimum Gasteiger partial charge on any atom is -0.452 e. The highest BCUT2D eigenvalue weighted by molar-refractivity contribution is 5.97. The molecule has 1 aromatic rings. The predicted octanol–water partition coefficient (Wildman–Crippen LogP) is 1.44. The highest BCUT2D eigenvalue weighted by Gasteiger charge is 2.12. The van der Waals surface area contributed by atoms with Crippen molar-refractivity contribution < 1.29 is 23.9 Å². The third kappa shape index (κ3) is 6.92. The average Bonchev–Trinajstić information content (AvgIpc) is 2.53. The van der Waals surface area contributed by atoms with E-state index < -0.39 is 24.5 Å². The standard InChI is InChI=1S/C16H22N2O5/c1-11(2)12-4-6-13(7-5-12)15(20)23-10-14(19)18-16(21)17-8-9-22-3/h4-7,11H,8-10H2,1-3H3,(H2,17,18,19,21). The van der Waals surface area contributed by atoms with Crippen LogP contribution >= 0.6 is 0 Å². The van der Waals surface area contributed by atoms with Crippen LogP contribution in [0, 0.1) is 0 Å². The van der Waals surface area contributed by atoms with Crippen LogP contribution in [0.1, 0.15) is 35.7 Å². The number of rotatable bonds is 7. The van der Waals surface area contributed by atoms with Gasteiger partial charge in [0.05, 0.1) is 12.2 Å². The topological polar surface area (TPSA) is 93.7 Å². The second-order valence-electron chi connectivity index (χ2n) is 5.15. The molecule has 0 bridgehead atoms. The Bertz CT molecular complexity index is 540. The molecule has 0 aliphatic carbocycles. The Morgan fingerprint density at radius 3 is 2.35 bits per heavy atom. The number of carbonyl (C=O) groups is 3. The average molecular weight is 322 g/mol. The van der Waals surface area contributed by atoms with Crippen LogP contribution in [0.15, 0.2) is 24.3 Å². The molecule has 3 amide bonds. The monoisotopic (exact) mass is 322 g/mol. The molecule has 0 radical (unpaired) electrons. The number of carbonyl (C=O) groups excluding carboxylic acids is 3. The van der Waals surface area contributed by atoms with E-state index in [0.717, 1.165) is 5.56 Å². The lowest BCUT2D eigenvalue weighted by Crippen LogP contribution is -2.42. The Hall–Kier alpha value is -2.41. The molecular weight excluding hydrogens is 300 g/mol. The van der Waals surface area contributed by atoms with Crippen molar-refractivity contribution >= 4 is 17.9 Å². The first kappa shape index (κ1) is 18.6. The Balaban J connectivity index is 2.37. The van der Waals surface area contributed by atoms with Crippen LogP contribution in [0.5, 0.6) is 0 Å². The minimum atomic E-state index is -0.702. The molecule has 1 rings (SSSR count). The zero-order valence-electron chi connectivity index (χ0n) is 13.5. The van der Waals surface area contributed by atoms with Crippen LogP contribution in [0.25, 0.3) is 0 Å². The molecule has 2 N–H and O–H groups in total. The molecular formula is C16H22N2O5. The molecule has 0 atom stereocenters. The van der Waals surface area contributed by atoms with Crippen LogP contribution < -0.4 is 10.6 Å². The van der Waals surface area contributed by atoms with E-state index in [1.165, 1.54) is 7.11 Å². The van der Waals surface area contributed by atoms with E-state index in [4.69, 9.17) is 9.47 Å². The quantitative estimate of drug-likeness (QED) is 0.585. The van der Waals surface area contributed by atoms with Gasteiger partial charge in [0.15, 0.2) is 6.61 Å². The summed E-state index contributed by atoms with van der Waals surface area (Å²) in [6.07, 6.45) is 0. The van der Waals surface area contributed by atoms with Crippen LogP contribution in [0.4, 0.5) is 4.79 Å². The third-order valence-electron chi connectivity index (χ3n) is 2.99. The Morgan fingerprint density at radius 2 is 1.78 bits per heavy atom. The summed E-state index contributed by atoms with van der Waals surface area (Å²) in [7, 11) is 1.50. The fourth-order valence-electron chi connectivity index (χ4n) is 1.69. The number of nitrogens with one attached hydrogen (secondary N) is 2. The molecule has 0 aliphatic heterocycles. The summed E-state index contributed by atoms with van der Waals surface area (Å²) in [5, 5.41) is 4.46. The number of imide groups is 1. The minimum absolute atomic E-state index is 0.275. The number of urea groups is 1. The van der Waals surface area contributed by atoms with Gasteiger partial charge in [-0.1, -0.05) is 26.0 Å². The van der Waals surface area contributed by atoms with Gasteiger partial charge < -0.3 is 14.8 Å². The number of methoxy groups -OCH3 is 1. The maximum Gasteiger partial charge on any atom is 0.338 e. The number of esters is 1. The largest absolute Gasteiger partial charge is 0.452 e. The van der Waals surface area contributed by atoms with Crippen molar-refractivity contribution in [2.45, 2.75) is 19.8 Å². The van der Waals surface area contributed by atoms with Gasteiger partial charge in [0.2, 0.25) is 0 Å². The molecule has 126 valence electrons. The van der Waals surface area contributed by atoms with E-state index in [9.17, 15) is 14.4 Å². The van der Waals surface area contributed by atoms with E-state index in [0.29, 0.717) is 18.1 Å². The van der Waals surface area contributed by atoms with Gasteiger partial charge in [0.25, 0.3) is 5.91 Å². The van der Waals surface area contributed by atoms with Crippen molar-refractivity contribution in [1.29, 1.82) is 0 Å². The molecule has 1 aromatic carbocycles. The van der Waals surface area contributed by atoms with E-state index in [1.54, 1.807) is 12.1 Å². The lowest BCUT2D eigenvalue weighted by Gasteiger charge is -2.08. The summed E-state index contributed by atoms with van der Waals surface area (Å²) in [4.78, 5) is 34.6. The maximum absolute atomic E-state index is 11.8. The summed E-state index contributed by atoms with van der Waals surface area (Å²) in [5.41, 5.74) is 1.46. The van der Waals surface area contributed by atoms with Crippen molar-refractivity contribution in [2.75, 3.05) is 26.9 Å². The Labute approximate surface area is 135 Å². The molecule has 23 heavy (non-hydrogen) atoms. The van der Waals surface area contributed by atoms with Crippen molar-refractivity contribution in [2.24, 2.45) is 0 Å². The smallest absolute Gasteiger partial charge is 0.338 e. The van der Waals surface area contributed by atoms with Crippen LogP contribution in [-0.2, 0) is 14.3 Å². The van der Waals surface area contributed by atoms with Gasteiger partial charge >= 0.3 is 12.0 Å². The van der Waals surface area contributed by atoms with Gasteiger partial charge in [0, 0.05) is 13.7 Å². The van der Waals surface area contributed by atoms with Crippen LogP contribution in [-0.4, -0.2) is 44.8 Å². The van der Waals surface area contributed by atoms with E-state index >= 15 is 0 Å². The summed E-state index contributed by atoms with van der Waals surface area (Å²) in [6, 6.07) is 6.30. The summed E-state index contributed by atoms with van der Waals surface area (Å²) in [6.45, 7) is 4.19. The van der Waals surface area contributed by atoms with E-state index in [-0.39, 0.29) is 6.54 Å². The summed E-state index contributed by atoms with van der Waals surface area (Å²) >= 11 is 0. The lowest BCUT2D eigenvalue weighted by molar-refractivity contribution is -0.123. The van der Waals surface area contributed by atoms with Crippen LogP contribution in [0.2, 0.25) is 0 Å². The lowest BCUT2D eigenvalue weighted by atomic mass is 10.0. The maximum atomic E-state index is 11.8. The summed E-state index contributed by atoms with van der Waals surface area (Å²) in [5.74, 6) is -0.954. The molecule has 0 heterocycles. The number of hydrogen-bond donors (Lipinski definition) is 2. The first-order chi connectivity index (χ1) is 10.9. The van der Waals surface area contributed by atoms with Gasteiger partial charge in [-0.3, -0.25) is 10.1 Å². The highest BCUT2D eigenvalue weighted by Crippen LogP contribution is 2.15. The molecule has 0 fully saturated rings. The molecule has 0 aromatic heterocycles. The fraction of sp³-hybridized carbons (Fsp3) is 0.438. The molecule has 7 nitrogen and oxygen atoms in total. The van der Waals surface area contributed by atoms with Crippen molar-refractivity contribution in [3.05, 3.63) is 35.4 Å². The third-order valence-corrected chi connectivity index (χ3v) is 2.99. The van der Waals surface area contributed by atoms with Gasteiger partial charge in [-0.2, -0.15) is 0 Å². The van der Waals surface area contributed by atoms with Crippen LogP contribution in [0.3, 0.4) is 0 Å². The Morgan fingerprint density at radius 1 is 1.13 bits per heavy atom. The molecule has 0 saturated heterocycles. The zero-order valence-corrected chi connectivity index (χ0v) is 13.5. The molecule has 0 saturated carbocycles. The first-order valence-corrected chi connectivity index (χ1v) is 7.27. The zero-order chi connectivity index (χ0) is 17.2. The number of benzene rings is 1. The predicted molar refractivity (Wildman–Crippen MR) is 84.2 cm³/mol. The van der Waals surface area contributed by atoms with Crippen molar-refractivity contribution in [3.8, 4) is 0 Å². The highest BCUT2D eigenvalue weighted by atomic mass is 16.5. The van der Waals surface area contributed by atoms with Gasteiger partial charge in [-0.05, 0) is 23.6 Å².